The Hall–Kier alpha value is -3.57. The molecule has 7 heteroatoms. The van der Waals surface area contributed by atoms with Crippen LogP contribution in [-0.4, -0.2) is 45.3 Å². The molecule has 0 amide bonds. The molecule has 0 saturated heterocycles. The Morgan fingerprint density at radius 1 is 0.902 bits per heavy atom. The standard InChI is InChI=1S/C34H44O7/c1-38-33(36)17-10-24-41-32-16-8-13-27(31(32)20-21-34(37)39-2)11-5-3-4-6-23-40-29-18-19-30-26(15-9-22-35)12-7-14-28(30)25-29/h8-9,13,16,18-19,25-26H,3-7,10-12,14-15,17,20-21,23-24H2,1-2H3. The quantitative estimate of drug-likeness (QED) is 0.116. The van der Waals surface area contributed by atoms with Gasteiger partial charge in [0.15, 0.2) is 0 Å². The molecule has 0 aromatic heterocycles. The molecule has 0 aliphatic heterocycles. The number of rotatable bonds is 18. The molecule has 0 radical (unpaired) electrons. The normalized spacial score (nSPS) is 14.0. The molecule has 222 valence electrons. The summed E-state index contributed by atoms with van der Waals surface area (Å²) < 4.78 is 21.6. The molecule has 2 aromatic carbocycles. The number of hydrogen-bond donors (Lipinski definition) is 0. The van der Waals surface area contributed by atoms with E-state index in [-0.39, 0.29) is 11.9 Å². The zero-order valence-electron chi connectivity index (χ0n) is 24.6. The first-order valence-corrected chi connectivity index (χ1v) is 14.9. The van der Waals surface area contributed by atoms with E-state index in [9.17, 15) is 14.4 Å². The lowest BCUT2D eigenvalue weighted by Crippen LogP contribution is -2.10. The van der Waals surface area contributed by atoms with Crippen LogP contribution in [0.5, 0.6) is 11.5 Å². The fraction of sp³-hybridized carbons (Fsp3) is 0.529. The molecule has 0 spiro atoms. The number of carbonyl (C=O) groups is 2. The van der Waals surface area contributed by atoms with Crippen molar-refractivity contribution in [3.8, 4) is 11.5 Å². The highest BCUT2D eigenvalue weighted by atomic mass is 16.5. The third-order valence-electron chi connectivity index (χ3n) is 7.70. The predicted molar refractivity (Wildman–Crippen MR) is 158 cm³/mol. The Morgan fingerprint density at radius 3 is 2.49 bits per heavy atom. The molecule has 0 N–H and O–H groups in total. The summed E-state index contributed by atoms with van der Waals surface area (Å²) >= 11 is 0. The van der Waals surface area contributed by atoms with Crippen LogP contribution < -0.4 is 9.47 Å². The molecule has 0 saturated carbocycles. The number of esters is 2. The van der Waals surface area contributed by atoms with Crippen LogP contribution in [0.15, 0.2) is 42.5 Å². The lowest BCUT2D eigenvalue weighted by Gasteiger charge is -2.25. The minimum atomic E-state index is -0.250. The summed E-state index contributed by atoms with van der Waals surface area (Å²) in [7, 11) is 2.78. The number of carbonyl (C=O) groups excluding carboxylic acids is 3. The molecule has 41 heavy (non-hydrogen) atoms. The SMILES string of the molecule is COC(=O)CCCOc1cccc(CCCCCCOc2ccc3c(c2)CCCC3CC=C=O)c1CCC(=O)OC. The van der Waals surface area contributed by atoms with Crippen LogP contribution in [0.3, 0.4) is 0 Å². The van der Waals surface area contributed by atoms with Crippen molar-refractivity contribution in [1.29, 1.82) is 0 Å². The van der Waals surface area contributed by atoms with Crippen molar-refractivity contribution in [3.63, 3.8) is 0 Å². The van der Waals surface area contributed by atoms with Crippen molar-refractivity contribution in [1.82, 2.24) is 0 Å². The lowest BCUT2D eigenvalue weighted by atomic mass is 9.81. The van der Waals surface area contributed by atoms with E-state index in [4.69, 9.17) is 18.9 Å². The van der Waals surface area contributed by atoms with Gasteiger partial charge in [-0.3, -0.25) is 9.59 Å². The van der Waals surface area contributed by atoms with Gasteiger partial charge in [0, 0.05) is 18.9 Å². The van der Waals surface area contributed by atoms with Gasteiger partial charge in [0.1, 0.15) is 17.4 Å². The Bertz CT molecular complexity index is 1170. The number of ether oxygens (including phenoxy) is 4. The topological polar surface area (TPSA) is 88.1 Å². The van der Waals surface area contributed by atoms with Crippen LogP contribution in [0, 0.1) is 0 Å². The molecule has 1 atom stereocenters. The number of hydrogen-bond acceptors (Lipinski definition) is 7. The number of aryl methyl sites for hydroxylation is 2. The zero-order chi connectivity index (χ0) is 29.3. The summed E-state index contributed by atoms with van der Waals surface area (Å²) in [4.78, 5) is 33.8. The lowest BCUT2D eigenvalue weighted by molar-refractivity contribution is -0.141. The van der Waals surface area contributed by atoms with Gasteiger partial charge in [0.05, 0.1) is 27.4 Å². The van der Waals surface area contributed by atoms with E-state index in [1.807, 2.05) is 18.1 Å². The smallest absolute Gasteiger partial charge is 0.305 e. The highest BCUT2D eigenvalue weighted by molar-refractivity contribution is 5.70. The highest BCUT2D eigenvalue weighted by Gasteiger charge is 2.20. The summed E-state index contributed by atoms with van der Waals surface area (Å²) in [5, 5.41) is 0. The first-order chi connectivity index (χ1) is 20.0. The summed E-state index contributed by atoms with van der Waals surface area (Å²) in [6.07, 6.45) is 12.5. The molecule has 7 nitrogen and oxygen atoms in total. The van der Waals surface area contributed by atoms with Gasteiger partial charge < -0.3 is 18.9 Å². The van der Waals surface area contributed by atoms with E-state index in [1.165, 1.54) is 30.9 Å². The molecule has 1 aliphatic carbocycles. The van der Waals surface area contributed by atoms with Gasteiger partial charge in [-0.25, -0.2) is 4.79 Å². The van der Waals surface area contributed by atoms with Crippen LogP contribution in [0.4, 0.5) is 0 Å². The first kappa shape index (κ1) is 32.0. The number of unbranched alkanes of at least 4 members (excludes halogenated alkanes) is 3. The van der Waals surface area contributed by atoms with Gasteiger partial charge in [0.25, 0.3) is 0 Å². The summed E-state index contributed by atoms with van der Waals surface area (Å²) in [5.41, 5.74) is 4.91. The average molecular weight is 565 g/mol. The van der Waals surface area contributed by atoms with Crippen molar-refractivity contribution >= 4 is 17.9 Å². The van der Waals surface area contributed by atoms with Crippen LogP contribution in [0.1, 0.15) is 92.4 Å². The number of allylic oxidation sites excluding steroid dienone is 1. The molecule has 1 aliphatic rings. The first-order valence-electron chi connectivity index (χ1n) is 14.9. The summed E-state index contributed by atoms with van der Waals surface area (Å²) in [6, 6.07) is 12.4. The molecule has 0 fully saturated rings. The average Bonchev–Trinajstić information content (AvgIpc) is 3.00. The molecule has 0 heterocycles. The monoisotopic (exact) mass is 564 g/mol. The van der Waals surface area contributed by atoms with E-state index < -0.39 is 0 Å². The molecule has 3 rings (SSSR count). The maximum absolute atomic E-state index is 11.8. The number of benzene rings is 2. The Balaban J connectivity index is 1.44. The Labute approximate surface area is 244 Å². The van der Waals surface area contributed by atoms with Crippen LogP contribution >= 0.6 is 0 Å². The van der Waals surface area contributed by atoms with E-state index in [1.54, 1.807) is 6.08 Å². The second kappa shape index (κ2) is 18.0. The van der Waals surface area contributed by atoms with Gasteiger partial charge in [-0.2, -0.15) is 0 Å². The van der Waals surface area contributed by atoms with E-state index >= 15 is 0 Å². The van der Waals surface area contributed by atoms with Crippen LogP contribution in [0.2, 0.25) is 0 Å². The highest BCUT2D eigenvalue weighted by Crippen LogP contribution is 2.36. The van der Waals surface area contributed by atoms with Gasteiger partial charge in [-0.15, -0.1) is 0 Å². The van der Waals surface area contributed by atoms with E-state index in [0.717, 1.165) is 74.8 Å². The second-order valence-electron chi connectivity index (χ2n) is 10.5. The third kappa shape index (κ3) is 10.7. The number of methoxy groups -OCH3 is 2. The van der Waals surface area contributed by atoms with Gasteiger partial charge in [0.2, 0.25) is 0 Å². The molecule has 1 unspecified atom stereocenters. The zero-order valence-corrected chi connectivity index (χ0v) is 24.6. The predicted octanol–water partition coefficient (Wildman–Crippen LogP) is 6.50. The Morgan fingerprint density at radius 2 is 1.68 bits per heavy atom. The number of fused-ring (bicyclic) bond motifs is 1. The summed E-state index contributed by atoms with van der Waals surface area (Å²) in [6.45, 7) is 1.10. The minimum absolute atomic E-state index is 0.245. The van der Waals surface area contributed by atoms with Crippen LogP contribution in [0.25, 0.3) is 0 Å². The van der Waals surface area contributed by atoms with Gasteiger partial charge in [-0.1, -0.05) is 31.0 Å². The fourth-order valence-electron chi connectivity index (χ4n) is 5.47. The van der Waals surface area contributed by atoms with Crippen molar-refractivity contribution in [2.24, 2.45) is 0 Å². The Kier molecular flexibility index (Phi) is 14.0. The van der Waals surface area contributed by atoms with Crippen molar-refractivity contribution < 1.29 is 33.3 Å². The van der Waals surface area contributed by atoms with E-state index in [2.05, 4.69) is 24.3 Å². The van der Waals surface area contributed by atoms with Crippen molar-refractivity contribution in [2.45, 2.75) is 89.4 Å². The van der Waals surface area contributed by atoms with Crippen LogP contribution in [-0.2, 0) is 43.1 Å². The molecule has 2 aromatic rings. The second-order valence-corrected chi connectivity index (χ2v) is 10.5. The largest absolute Gasteiger partial charge is 0.494 e. The third-order valence-corrected chi connectivity index (χ3v) is 7.70. The maximum atomic E-state index is 11.8. The van der Waals surface area contributed by atoms with E-state index in [0.29, 0.717) is 44.8 Å². The van der Waals surface area contributed by atoms with Gasteiger partial charge >= 0.3 is 11.9 Å². The molecule has 0 bridgehead atoms. The minimum Gasteiger partial charge on any atom is -0.494 e. The molecular formula is C34H44O7. The van der Waals surface area contributed by atoms with Gasteiger partial charge in [-0.05, 0) is 104 Å². The molecular weight excluding hydrogens is 520 g/mol. The maximum Gasteiger partial charge on any atom is 0.305 e. The van der Waals surface area contributed by atoms with Crippen molar-refractivity contribution in [3.05, 3.63) is 64.7 Å². The summed E-state index contributed by atoms with van der Waals surface area (Å²) in [5.74, 6) is 3.52. The van der Waals surface area contributed by atoms with Crippen molar-refractivity contribution in [2.75, 3.05) is 27.4 Å². The fourth-order valence-corrected chi connectivity index (χ4v) is 5.47.